The fourth-order valence-electron chi connectivity index (χ4n) is 1.16. The molecule has 0 aliphatic carbocycles. The number of allylic oxidation sites excluding steroid dienone is 3. The molecule has 60 valence electrons. The van der Waals surface area contributed by atoms with Gasteiger partial charge < -0.3 is 4.74 Å². The van der Waals surface area contributed by atoms with E-state index in [0.717, 1.165) is 36.4 Å². The van der Waals surface area contributed by atoms with Crippen molar-refractivity contribution in [2.24, 2.45) is 0 Å². The molecule has 11 heavy (non-hydrogen) atoms. The van der Waals surface area contributed by atoms with E-state index in [1.165, 1.54) is 0 Å². The van der Waals surface area contributed by atoms with Crippen LogP contribution in [0.15, 0.2) is 36.1 Å². The average Bonchev–Trinajstić information content (AvgIpc) is 2.04. The Hall–Kier alpha value is -0.980. The molecule has 0 bridgehead atoms. The van der Waals surface area contributed by atoms with Crippen LogP contribution in [0, 0.1) is 0 Å². The molecule has 0 unspecified atom stereocenters. The summed E-state index contributed by atoms with van der Waals surface area (Å²) in [6.07, 6.45) is 3.96. The second kappa shape index (κ2) is 3.42. The zero-order valence-electron chi connectivity index (χ0n) is 7.02. The average molecular weight is 150 g/mol. The molecule has 0 N–H and O–H groups in total. The van der Waals surface area contributed by atoms with E-state index >= 15 is 0 Å². The topological polar surface area (TPSA) is 9.23 Å². The molecule has 0 aromatic heterocycles. The summed E-state index contributed by atoms with van der Waals surface area (Å²) < 4.78 is 5.45. The van der Waals surface area contributed by atoms with Crippen molar-refractivity contribution in [3.05, 3.63) is 36.1 Å². The second-order valence-electron chi connectivity index (χ2n) is 2.77. The lowest BCUT2D eigenvalue weighted by molar-refractivity contribution is 0.192. The number of ether oxygens (including phenoxy) is 1. The van der Waals surface area contributed by atoms with E-state index < -0.39 is 0 Å². The van der Waals surface area contributed by atoms with Crippen molar-refractivity contribution in [3.63, 3.8) is 0 Å². The molecule has 0 aromatic carbocycles. The normalized spacial score (nSPS) is 22.5. The van der Waals surface area contributed by atoms with Crippen LogP contribution in [0.25, 0.3) is 0 Å². The molecular formula is C10H14O. The molecule has 1 rings (SSSR count). The largest absolute Gasteiger partial charge is 0.493 e. The molecule has 1 heteroatoms. The highest BCUT2D eigenvalue weighted by molar-refractivity contribution is 5.33. The van der Waals surface area contributed by atoms with E-state index in [2.05, 4.69) is 13.2 Å². The van der Waals surface area contributed by atoms with Gasteiger partial charge in [-0.05, 0) is 30.9 Å². The van der Waals surface area contributed by atoms with Gasteiger partial charge >= 0.3 is 0 Å². The van der Waals surface area contributed by atoms with Gasteiger partial charge in [-0.15, -0.1) is 0 Å². The summed E-state index contributed by atoms with van der Waals surface area (Å²) in [7, 11) is 0. The lowest BCUT2D eigenvalue weighted by Crippen LogP contribution is -2.06. The highest BCUT2D eigenvalue weighted by Gasteiger charge is 2.11. The molecule has 0 atom stereocenters. The number of hydrogen-bond donors (Lipinski definition) is 0. The summed E-state index contributed by atoms with van der Waals surface area (Å²) in [4.78, 5) is 0. The van der Waals surface area contributed by atoms with Crippen LogP contribution in [-0.2, 0) is 4.74 Å². The Kier molecular flexibility index (Phi) is 2.53. The fraction of sp³-hybridized carbons (Fsp3) is 0.400. The lowest BCUT2D eigenvalue weighted by atomic mass is 10.0. The zero-order valence-corrected chi connectivity index (χ0v) is 7.02. The van der Waals surface area contributed by atoms with E-state index in [-0.39, 0.29) is 0 Å². The minimum atomic E-state index is 0.819. The van der Waals surface area contributed by atoms with Crippen molar-refractivity contribution in [3.8, 4) is 0 Å². The molecule has 1 nitrogen and oxygen atoms in total. The smallest absolute Gasteiger partial charge is 0.124 e. The van der Waals surface area contributed by atoms with Gasteiger partial charge in [0.25, 0.3) is 0 Å². The van der Waals surface area contributed by atoms with Crippen LogP contribution in [-0.4, -0.2) is 6.61 Å². The van der Waals surface area contributed by atoms with E-state index in [0.29, 0.717) is 0 Å². The molecule has 0 saturated carbocycles. The third-order valence-electron chi connectivity index (χ3n) is 1.85. The van der Waals surface area contributed by atoms with Gasteiger partial charge in [0.15, 0.2) is 0 Å². The third kappa shape index (κ3) is 1.73. The van der Waals surface area contributed by atoms with Gasteiger partial charge in [0.1, 0.15) is 5.76 Å². The first-order valence-electron chi connectivity index (χ1n) is 3.90. The molecular weight excluding hydrogens is 136 g/mol. The van der Waals surface area contributed by atoms with E-state index in [9.17, 15) is 0 Å². The number of rotatable bonds is 1. The Balaban J connectivity index is 2.83. The van der Waals surface area contributed by atoms with Crippen molar-refractivity contribution in [1.82, 2.24) is 0 Å². The first-order valence-corrected chi connectivity index (χ1v) is 3.90. The van der Waals surface area contributed by atoms with Crippen LogP contribution >= 0.6 is 0 Å². The van der Waals surface area contributed by atoms with Crippen molar-refractivity contribution >= 4 is 0 Å². The van der Waals surface area contributed by atoms with Gasteiger partial charge in [-0.25, -0.2) is 0 Å². The molecule has 0 radical (unpaired) electrons. The van der Waals surface area contributed by atoms with Crippen LogP contribution in [0.5, 0.6) is 0 Å². The molecule has 1 aliphatic rings. The van der Waals surface area contributed by atoms with Gasteiger partial charge in [-0.3, -0.25) is 0 Å². The van der Waals surface area contributed by atoms with E-state index in [1.54, 1.807) is 0 Å². The molecule has 0 aromatic rings. The predicted octanol–water partition coefficient (Wildman–Crippen LogP) is 2.81. The van der Waals surface area contributed by atoms with Gasteiger partial charge in [-0.2, -0.15) is 0 Å². The Labute approximate surface area is 68.1 Å². The Morgan fingerprint density at radius 3 is 2.91 bits per heavy atom. The van der Waals surface area contributed by atoms with Crippen LogP contribution in [0.4, 0.5) is 0 Å². The maximum Gasteiger partial charge on any atom is 0.124 e. The zero-order chi connectivity index (χ0) is 8.27. The Morgan fingerprint density at radius 2 is 2.36 bits per heavy atom. The second-order valence-corrected chi connectivity index (χ2v) is 2.77. The van der Waals surface area contributed by atoms with Gasteiger partial charge in [0, 0.05) is 0 Å². The van der Waals surface area contributed by atoms with E-state index in [4.69, 9.17) is 4.74 Å². The molecule has 1 fully saturated rings. The third-order valence-corrected chi connectivity index (χ3v) is 1.85. The van der Waals surface area contributed by atoms with Crippen molar-refractivity contribution in [1.29, 1.82) is 0 Å². The highest BCUT2D eigenvalue weighted by atomic mass is 16.5. The molecule has 0 amide bonds. The lowest BCUT2D eigenvalue weighted by Gasteiger charge is -2.19. The SMILES string of the molecule is C=C/C(C)=C1/OCCCC1=C. The van der Waals surface area contributed by atoms with Gasteiger partial charge in [0.05, 0.1) is 6.61 Å². The van der Waals surface area contributed by atoms with Crippen LogP contribution in [0.2, 0.25) is 0 Å². The highest BCUT2D eigenvalue weighted by Crippen LogP contribution is 2.24. The maximum absolute atomic E-state index is 5.45. The standard InChI is InChI=1S/C10H14O/c1-4-8(2)10-9(3)6-5-7-11-10/h4H,1,3,5-7H2,2H3/b10-8+. The molecule has 1 heterocycles. The van der Waals surface area contributed by atoms with Crippen LogP contribution in [0.3, 0.4) is 0 Å². The van der Waals surface area contributed by atoms with Gasteiger partial charge in [-0.1, -0.05) is 19.2 Å². The maximum atomic E-state index is 5.45. The summed E-state index contributed by atoms with van der Waals surface area (Å²) in [6.45, 7) is 10.4. The summed E-state index contributed by atoms with van der Waals surface area (Å²) in [5, 5.41) is 0. The fourth-order valence-corrected chi connectivity index (χ4v) is 1.16. The summed E-state index contributed by atoms with van der Waals surface area (Å²) in [6, 6.07) is 0. The monoisotopic (exact) mass is 150 g/mol. The number of hydrogen-bond acceptors (Lipinski definition) is 1. The van der Waals surface area contributed by atoms with Crippen LogP contribution in [0.1, 0.15) is 19.8 Å². The van der Waals surface area contributed by atoms with Crippen molar-refractivity contribution < 1.29 is 4.74 Å². The predicted molar refractivity (Wildman–Crippen MR) is 47.2 cm³/mol. The Morgan fingerprint density at radius 1 is 1.64 bits per heavy atom. The van der Waals surface area contributed by atoms with Crippen molar-refractivity contribution in [2.75, 3.05) is 6.61 Å². The first kappa shape index (κ1) is 8.12. The Bertz CT molecular complexity index is 211. The molecule has 0 spiro atoms. The van der Waals surface area contributed by atoms with E-state index in [1.807, 2.05) is 13.0 Å². The minimum absolute atomic E-state index is 0.819. The van der Waals surface area contributed by atoms with Gasteiger partial charge in [0.2, 0.25) is 0 Å². The molecule has 1 saturated heterocycles. The van der Waals surface area contributed by atoms with Crippen LogP contribution < -0.4 is 0 Å². The minimum Gasteiger partial charge on any atom is -0.493 e. The summed E-state index contributed by atoms with van der Waals surface area (Å²) in [5.41, 5.74) is 2.20. The summed E-state index contributed by atoms with van der Waals surface area (Å²) >= 11 is 0. The first-order chi connectivity index (χ1) is 5.25. The molecule has 1 aliphatic heterocycles. The van der Waals surface area contributed by atoms with Crippen molar-refractivity contribution in [2.45, 2.75) is 19.8 Å². The summed E-state index contributed by atoms with van der Waals surface area (Å²) in [5.74, 6) is 0.950. The quantitative estimate of drug-likeness (QED) is 0.558.